The van der Waals surface area contributed by atoms with Crippen molar-refractivity contribution in [2.75, 3.05) is 0 Å². The minimum atomic E-state index is 0.721. The van der Waals surface area contributed by atoms with E-state index in [1.807, 2.05) is 30.3 Å². The Morgan fingerprint density at radius 3 is 1.98 bits per heavy atom. The van der Waals surface area contributed by atoms with Crippen molar-refractivity contribution in [3.8, 4) is 23.0 Å². The number of pyridine rings is 1. The molecule has 0 N–H and O–H groups in total. The van der Waals surface area contributed by atoms with Crippen molar-refractivity contribution in [2.24, 2.45) is 0 Å². The van der Waals surface area contributed by atoms with Crippen LogP contribution in [0.2, 0.25) is 0 Å². The molecule has 0 unspecified atom stereocenters. The maximum Gasteiger partial charge on any atom is 0.153 e. The Bertz CT molecular complexity index is 2670. The number of para-hydroxylation sites is 3. The van der Waals surface area contributed by atoms with E-state index in [1.54, 1.807) is 6.26 Å². The zero-order valence-electron chi connectivity index (χ0n) is 23.4. The number of hydrogen-bond donors (Lipinski definition) is 0. The second kappa shape index (κ2) is 8.72. The monoisotopic (exact) mass is 565 g/mol. The maximum atomic E-state index is 6.35. The predicted molar refractivity (Wildman–Crippen MR) is 178 cm³/mol. The zero-order valence-corrected chi connectivity index (χ0v) is 23.4. The van der Waals surface area contributed by atoms with Crippen LogP contribution in [-0.4, -0.2) is 14.1 Å². The van der Waals surface area contributed by atoms with Gasteiger partial charge in [0, 0.05) is 38.0 Å². The summed E-state index contributed by atoms with van der Waals surface area (Å²) < 4.78 is 16.7. The van der Waals surface area contributed by atoms with Crippen LogP contribution < -0.4 is 0 Å². The summed E-state index contributed by atoms with van der Waals surface area (Å²) >= 11 is 0. The first-order valence-electron chi connectivity index (χ1n) is 14.7. The largest absolute Gasteiger partial charge is 0.464 e. The molecule has 5 aromatic heterocycles. The van der Waals surface area contributed by atoms with Gasteiger partial charge in [0.15, 0.2) is 5.76 Å². The van der Waals surface area contributed by atoms with E-state index >= 15 is 0 Å². The number of rotatable bonds is 3. The number of nitrogens with zero attached hydrogens (tertiary/aromatic N) is 3. The van der Waals surface area contributed by atoms with E-state index in [4.69, 9.17) is 13.8 Å². The fourth-order valence-corrected chi connectivity index (χ4v) is 6.89. The van der Waals surface area contributed by atoms with Crippen molar-refractivity contribution in [2.45, 2.75) is 0 Å². The summed E-state index contributed by atoms with van der Waals surface area (Å²) in [5.74, 6) is 1.55. The topological polar surface area (TPSA) is 49.0 Å². The maximum absolute atomic E-state index is 6.35. The molecule has 5 nitrogen and oxygen atoms in total. The molecular formula is C39H23N3O2. The van der Waals surface area contributed by atoms with E-state index in [0.717, 1.165) is 61.4 Å². The molecule has 0 spiro atoms. The standard InChI is InChI=1S/C39H23N3O2/c1-2-9-26(10-3-1)41-32-14-6-4-11-27(32)29-17-18-30-28-12-5-7-15-33(28)42(39(30)38(29)41)37-16-8-13-31(40-37)36-23-25-22-34-24(19-20-43-34)21-35(25)44-36/h1-23H. The number of hydrogen-bond acceptors (Lipinski definition) is 3. The molecule has 0 saturated carbocycles. The van der Waals surface area contributed by atoms with Gasteiger partial charge in [-0.25, -0.2) is 4.98 Å². The second-order valence-electron chi connectivity index (χ2n) is 11.2. The average molecular weight is 566 g/mol. The third-order valence-corrected chi connectivity index (χ3v) is 8.79. The van der Waals surface area contributed by atoms with Crippen LogP contribution in [0.3, 0.4) is 0 Å². The van der Waals surface area contributed by atoms with Gasteiger partial charge in [-0.3, -0.25) is 4.57 Å². The zero-order chi connectivity index (χ0) is 28.8. The summed E-state index contributed by atoms with van der Waals surface area (Å²) in [4.78, 5) is 5.24. The Labute approximate surface area is 250 Å². The molecule has 0 atom stereocenters. The summed E-state index contributed by atoms with van der Waals surface area (Å²) in [5.41, 5.74) is 8.11. The van der Waals surface area contributed by atoms with Crippen LogP contribution in [-0.2, 0) is 0 Å². The fourth-order valence-electron chi connectivity index (χ4n) is 6.89. The van der Waals surface area contributed by atoms with Crippen LogP contribution in [0.1, 0.15) is 0 Å². The minimum absolute atomic E-state index is 0.721. The van der Waals surface area contributed by atoms with E-state index in [0.29, 0.717) is 0 Å². The smallest absolute Gasteiger partial charge is 0.153 e. The molecule has 0 aliphatic heterocycles. The predicted octanol–water partition coefficient (Wildman–Crippen LogP) is 10.4. The van der Waals surface area contributed by atoms with Gasteiger partial charge in [-0.05, 0) is 60.7 Å². The van der Waals surface area contributed by atoms with Crippen molar-refractivity contribution in [1.82, 2.24) is 14.1 Å². The van der Waals surface area contributed by atoms with Crippen LogP contribution in [0.15, 0.2) is 149 Å². The molecule has 0 bridgehead atoms. The van der Waals surface area contributed by atoms with Gasteiger partial charge in [-0.2, -0.15) is 0 Å². The van der Waals surface area contributed by atoms with Crippen molar-refractivity contribution in [3.05, 3.63) is 140 Å². The molecule has 0 fully saturated rings. The third kappa shape index (κ3) is 3.21. The Balaban J connectivity index is 1.30. The molecule has 0 saturated heterocycles. The van der Waals surface area contributed by atoms with E-state index in [1.165, 1.54) is 27.1 Å². The highest BCUT2D eigenvalue weighted by Crippen LogP contribution is 2.41. The second-order valence-corrected chi connectivity index (χ2v) is 11.2. The number of furan rings is 2. The highest BCUT2D eigenvalue weighted by Gasteiger charge is 2.22. The van der Waals surface area contributed by atoms with E-state index in [-0.39, 0.29) is 0 Å². The van der Waals surface area contributed by atoms with Gasteiger partial charge in [0.1, 0.15) is 22.7 Å². The lowest BCUT2D eigenvalue weighted by Gasteiger charge is -2.12. The van der Waals surface area contributed by atoms with E-state index in [2.05, 4.69) is 112 Å². The van der Waals surface area contributed by atoms with Gasteiger partial charge < -0.3 is 13.4 Å². The van der Waals surface area contributed by atoms with Gasteiger partial charge in [-0.1, -0.05) is 72.8 Å². The molecule has 10 aromatic rings. The Hall–Kier alpha value is -6.07. The summed E-state index contributed by atoms with van der Waals surface area (Å²) in [6, 6.07) is 46.6. The Morgan fingerprint density at radius 1 is 0.500 bits per heavy atom. The molecule has 5 aromatic carbocycles. The lowest BCUT2D eigenvalue weighted by atomic mass is 10.1. The summed E-state index contributed by atoms with van der Waals surface area (Å²) in [7, 11) is 0. The Morgan fingerprint density at radius 2 is 1.18 bits per heavy atom. The van der Waals surface area contributed by atoms with Gasteiger partial charge in [-0.15, -0.1) is 0 Å². The van der Waals surface area contributed by atoms with E-state index < -0.39 is 0 Å². The number of aromatic nitrogens is 3. The van der Waals surface area contributed by atoms with Crippen LogP contribution in [0.4, 0.5) is 0 Å². The molecule has 0 aliphatic carbocycles. The van der Waals surface area contributed by atoms with Gasteiger partial charge >= 0.3 is 0 Å². The molecule has 5 heterocycles. The molecule has 0 radical (unpaired) electrons. The molecule has 0 aliphatic rings. The van der Waals surface area contributed by atoms with Crippen LogP contribution in [0.25, 0.3) is 88.5 Å². The lowest BCUT2D eigenvalue weighted by Crippen LogP contribution is -2.01. The number of fused-ring (bicyclic) bond motifs is 9. The van der Waals surface area contributed by atoms with Gasteiger partial charge in [0.25, 0.3) is 0 Å². The molecule has 206 valence electrons. The summed E-state index contributed by atoms with van der Waals surface area (Å²) in [6.45, 7) is 0. The first kappa shape index (κ1) is 23.5. The van der Waals surface area contributed by atoms with Crippen LogP contribution >= 0.6 is 0 Å². The Kier molecular flexibility index (Phi) is 4.66. The summed E-state index contributed by atoms with van der Waals surface area (Å²) in [5, 5.41) is 6.81. The first-order valence-corrected chi connectivity index (χ1v) is 14.7. The number of benzene rings is 5. The molecule has 44 heavy (non-hydrogen) atoms. The molecular weight excluding hydrogens is 542 g/mol. The van der Waals surface area contributed by atoms with Crippen LogP contribution in [0.5, 0.6) is 0 Å². The van der Waals surface area contributed by atoms with Crippen molar-refractivity contribution < 1.29 is 8.83 Å². The van der Waals surface area contributed by atoms with Gasteiger partial charge in [0.2, 0.25) is 0 Å². The molecule has 5 heteroatoms. The average Bonchev–Trinajstić information content (AvgIpc) is 3.85. The van der Waals surface area contributed by atoms with Crippen LogP contribution in [0, 0.1) is 0 Å². The minimum Gasteiger partial charge on any atom is -0.464 e. The quantitative estimate of drug-likeness (QED) is 0.214. The highest BCUT2D eigenvalue weighted by atomic mass is 16.3. The van der Waals surface area contributed by atoms with Crippen molar-refractivity contribution in [1.29, 1.82) is 0 Å². The summed E-state index contributed by atoms with van der Waals surface area (Å²) in [6.07, 6.45) is 1.70. The van der Waals surface area contributed by atoms with E-state index in [9.17, 15) is 0 Å². The van der Waals surface area contributed by atoms with Crippen molar-refractivity contribution >= 4 is 65.6 Å². The van der Waals surface area contributed by atoms with Crippen molar-refractivity contribution in [3.63, 3.8) is 0 Å². The molecule has 10 rings (SSSR count). The SMILES string of the molecule is c1ccc(-n2c3ccccc3c3ccc4c5ccccc5n(-c5cccc(-c6cc7cc8occc8cc7o6)n5)c4c32)cc1. The van der Waals surface area contributed by atoms with Gasteiger partial charge in [0.05, 0.1) is 28.3 Å². The normalized spacial score (nSPS) is 12.1. The highest BCUT2D eigenvalue weighted by molar-refractivity contribution is 6.23. The lowest BCUT2D eigenvalue weighted by molar-refractivity contribution is 0.615. The fraction of sp³-hybridized carbons (Fsp3) is 0. The molecule has 0 amide bonds. The first-order chi connectivity index (χ1) is 21.8. The third-order valence-electron chi connectivity index (χ3n) is 8.79.